The van der Waals surface area contributed by atoms with Crippen LogP contribution in [0.3, 0.4) is 0 Å². The molecule has 0 saturated heterocycles. The van der Waals surface area contributed by atoms with Gasteiger partial charge in [-0.05, 0) is 30.4 Å². The maximum Gasteiger partial charge on any atom is 0.346 e. The zero-order valence-corrected chi connectivity index (χ0v) is 14.2. The van der Waals surface area contributed by atoms with Crippen LogP contribution in [0.5, 0.6) is 0 Å². The van der Waals surface area contributed by atoms with E-state index in [0.29, 0.717) is 12.8 Å². The molecule has 0 saturated carbocycles. The summed E-state index contributed by atoms with van der Waals surface area (Å²) in [4.78, 5) is 28.4. The van der Waals surface area contributed by atoms with Gasteiger partial charge in [-0.3, -0.25) is 9.78 Å². The summed E-state index contributed by atoms with van der Waals surface area (Å²) >= 11 is 0. The molecule has 2 rings (SSSR count). The van der Waals surface area contributed by atoms with Crippen molar-refractivity contribution in [2.75, 3.05) is 0 Å². The fraction of sp³-hybridized carbons (Fsp3) is 0.421. The van der Waals surface area contributed by atoms with Gasteiger partial charge in [0, 0.05) is 18.3 Å². The van der Waals surface area contributed by atoms with Gasteiger partial charge in [-0.25, -0.2) is 4.79 Å². The molecule has 2 unspecified atom stereocenters. The number of rotatable bonds is 7. The van der Waals surface area contributed by atoms with E-state index in [9.17, 15) is 14.7 Å². The van der Waals surface area contributed by atoms with Crippen LogP contribution in [0.4, 0.5) is 0 Å². The summed E-state index contributed by atoms with van der Waals surface area (Å²) < 4.78 is 5.13. The van der Waals surface area contributed by atoms with Crippen LogP contribution >= 0.6 is 0 Å². The number of hydrogen-bond donors (Lipinski definition) is 1. The van der Waals surface area contributed by atoms with Gasteiger partial charge < -0.3 is 9.84 Å². The lowest BCUT2D eigenvalue weighted by Crippen LogP contribution is -2.18. The number of hydrogen-bond acceptors (Lipinski definition) is 5. The van der Waals surface area contributed by atoms with Crippen molar-refractivity contribution in [1.82, 2.24) is 4.98 Å². The first-order chi connectivity index (χ1) is 11.4. The third-order valence-corrected chi connectivity index (χ3v) is 3.88. The lowest BCUT2D eigenvalue weighted by molar-refractivity contribution is -0.141. The number of ketones is 1. The van der Waals surface area contributed by atoms with E-state index in [1.165, 1.54) is 0 Å². The molecule has 2 atom stereocenters. The Morgan fingerprint density at radius 3 is 2.79 bits per heavy atom. The molecule has 128 valence electrons. The molecule has 1 aromatic heterocycles. The van der Waals surface area contributed by atoms with Crippen molar-refractivity contribution in [3.63, 3.8) is 0 Å². The second kappa shape index (κ2) is 7.90. The van der Waals surface area contributed by atoms with Crippen LogP contribution in [0, 0.1) is 11.8 Å². The number of allylic oxidation sites excluding steroid dienone is 1. The average molecular weight is 329 g/mol. The number of nitrogens with zero attached hydrogens (tertiary/aromatic N) is 1. The van der Waals surface area contributed by atoms with E-state index in [1.54, 1.807) is 19.3 Å². The number of aliphatic hydroxyl groups is 1. The number of cyclic esters (lactones) is 1. The maximum atomic E-state index is 12.5. The van der Waals surface area contributed by atoms with Crippen LogP contribution in [0.25, 0.3) is 6.08 Å². The van der Waals surface area contributed by atoms with Crippen LogP contribution < -0.4 is 0 Å². The molecule has 24 heavy (non-hydrogen) atoms. The second-order valence-corrected chi connectivity index (χ2v) is 6.47. The molecule has 2 heterocycles. The molecular formula is C19H23NO4. The van der Waals surface area contributed by atoms with Crippen LogP contribution in [0.15, 0.2) is 41.9 Å². The zero-order chi connectivity index (χ0) is 17.7. The fourth-order valence-electron chi connectivity index (χ4n) is 2.56. The Labute approximate surface area is 142 Å². The maximum absolute atomic E-state index is 12.5. The van der Waals surface area contributed by atoms with E-state index in [-0.39, 0.29) is 23.0 Å². The van der Waals surface area contributed by atoms with E-state index in [2.05, 4.69) is 4.98 Å². The normalized spacial score (nSPS) is 19.2. The van der Waals surface area contributed by atoms with Gasteiger partial charge in [0.05, 0.1) is 0 Å². The van der Waals surface area contributed by atoms with Crippen LogP contribution in [-0.4, -0.2) is 27.9 Å². The topological polar surface area (TPSA) is 76.5 Å². The highest BCUT2D eigenvalue weighted by atomic mass is 16.6. The molecule has 1 aromatic rings. The van der Waals surface area contributed by atoms with E-state index < -0.39 is 18.0 Å². The Morgan fingerprint density at radius 1 is 1.42 bits per heavy atom. The minimum Gasteiger partial charge on any atom is -0.507 e. The van der Waals surface area contributed by atoms with Crippen molar-refractivity contribution in [3.8, 4) is 0 Å². The number of aromatic nitrogens is 1. The predicted octanol–water partition coefficient (Wildman–Crippen LogP) is 3.47. The predicted molar refractivity (Wildman–Crippen MR) is 91.0 cm³/mol. The van der Waals surface area contributed by atoms with Crippen molar-refractivity contribution in [2.45, 2.75) is 39.7 Å². The van der Waals surface area contributed by atoms with Crippen LogP contribution in [0.1, 0.15) is 39.2 Å². The van der Waals surface area contributed by atoms with Gasteiger partial charge in [-0.1, -0.05) is 39.0 Å². The number of Topliss-reactive ketones (excluding diaryl/α,β-unsaturated/α-hetero) is 1. The number of esters is 1. The van der Waals surface area contributed by atoms with Crippen molar-refractivity contribution in [3.05, 3.63) is 47.5 Å². The smallest absolute Gasteiger partial charge is 0.346 e. The van der Waals surface area contributed by atoms with Gasteiger partial charge in [0.2, 0.25) is 0 Å². The summed E-state index contributed by atoms with van der Waals surface area (Å²) in [5.74, 6) is -1.48. The summed E-state index contributed by atoms with van der Waals surface area (Å²) in [7, 11) is 0. The minimum absolute atomic E-state index is 0.192. The average Bonchev–Trinajstić information content (AvgIpc) is 2.81. The summed E-state index contributed by atoms with van der Waals surface area (Å²) in [6, 6.07) is 3.75. The largest absolute Gasteiger partial charge is 0.507 e. The summed E-state index contributed by atoms with van der Waals surface area (Å²) in [5, 5.41) is 10.2. The number of carbonyl (C=O) groups excluding carboxylic acids is 2. The Morgan fingerprint density at radius 2 is 2.17 bits per heavy atom. The highest BCUT2D eigenvalue weighted by Gasteiger charge is 2.39. The lowest BCUT2D eigenvalue weighted by atomic mass is 9.94. The third-order valence-electron chi connectivity index (χ3n) is 3.88. The van der Waals surface area contributed by atoms with E-state index in [1.807, 2.05) is 38.1 Å². The molecule has 0 bridgehead atoms. The highest BCUT2D eigenvalue weighted by Crippen LogP contribution is 2.28. The lowest BCUT2D eigenvalue weighted by Gasteiger charge is -2.11. The SMILES string of the molecule is CC(C)CC1OC(=O)C(C(=O)C(C)C/C=C\c2cccnc2)=C1O. The Bertz CT molecular complexity index is 661. The molecule has 1 aliphatic heterocycles. The first-order valence-corrected chi connectivity index (χ1v) is 8.15. The molecule has 0 aromatic carbocycles. The van der Waals surface area contributed by atoms with Crippen molar-refractivity contribution < 1.29 is 19.4 Å². The van der Waals surface area contributed by atoms with Crippen molar-refractivity contribution >= 4 is 17.8 Å². The molecule has 1 aliphatic rings. The molecule has 0 fully saturated rings. The summed E-state index contributed by atoms with van der Waals surface area (Å²) in [5.41, 5.74) is 0.749. The number of aliphatic hydroxyl groups excluding tert-OH is 1. The molecule has 0 spiro atoms. The zero-order valence-electron chi connectivity index (χ0n) is 14.2. The quantitative estimate of drug-likeness (QED) is 0.612. The molecule has 5 heteroatoms. The van der Waals surface area contributed by atoms with Crippen molar-refractivity contribution in [1.29, 1.82) is 0 Å². The summed E-state index contributed by atoms with van der Waals surface area (Å²) in [6.45, 7) is 5.67. The number of pyridine rings is 1. The first-order valence-electron chi connectivity index (χ1n) is 8.15. The van der Waals surface area contributed by atoms with E-state index >= 15 is 0 Å². The molecule has 0 aliphatic carbocycles. The van der Waals surface area contributed by atoms with Gasteiger partial charge in [0.1, 0.15) is 5.57 Å². The standard InChI is InChI=1S/C19H23NO4/c1-12(2)10-15-18(22)16(19(23)24-15)17(21)13(3)6-4-7-14-8-5-9-20-11-14/h4-5,7-9,11-13,15,22H,6,10H2,1-3H3/b7-4-. The van der Waals surface area contributed by atoms with Crippen LogP contribution in [-0.2, 0) is 14.3 Å². The highest BCUT2D eigenvalue weighted by molar-refractivity contribution is 6.19. The Kier molecular flexibility index (Phi) is 5.90. The van der Waals surface area contributed by atoms with Gasteiger partial charge in [0.15, 0.2) is 17.6 Å². The molecular weight excluding hydrogens is 306 g/mol. The van der Waals surface area contributed by atoms with Gasteiger partial charge in [-0.15, -0.1) is 0 Å². The van der Waals surface area contributed by atoms with Gasteiger partial charge >= 0.3 is 5.97 Å². The third kappa shape index (κ3) is 4.31. The summed E-state index contributed by atoms with van der Waals surface area (Å²) in [6.07, 6.45) is 7.42. The van der Waals surface area contributed by atoms with Crippen LogP contribution in [0.2, 0.25) is 0 Å². The van der Waals surface area contributed by atoms with Gasteiger partial charge in [0.25, 0.3) is 0 Å². The number of ether oxygens (including phenoxy) is 1. The number of carbonyl (C=O) groups is 2. The first kappa shape index (κ1) is 17.9. The molecule has 5 nitrogen and oxygen atoms in total. The van der Waals surface area contributed by atoms with E-state index in [4.69, 9.17) is 4.74 Å². The Hall–Kier alpha value is -2.43. The monoisotopic (exact) mass is 329 g/mol. The molecule has 1 N–H and O–H groups in total. The molecule has 0 radical (unpaired) electrons. The molecule has 0 amide bonds. The second-order valence-electron chi connectivity index (χ2n) is 6.47. The van der Waals surface area contributed by atoms with Gasteiger partial charge in [-0.2, -0.15) is 0 Å². The minimum atomic E-state index is -0.716. The Balaban J connectivity index is 2.03. The van der Waals surface area contributed by atoms with E-state index in [0.717, 1.165) is 5.56 Å². The fourth-order valence-corrected chi connectivity index (χ4v) is 2.56. The van der Waals surface area contributed by atoms with Crippen molar-refractivity contribution in [2.24, 2.45) is 11.8 Å².